The van der Waals surface area contributed by atoms with E-state index in [-0.39, 0.29) is 27.8 Å². The minimum Gasteiger partial charge on any atom is -0.462 e. The first-order chi connectivity index (χ1) is 13.9. The van der Waals surface area contributed by atoms with Crippen LogP contribution in [0, 0.1) is 6.92 Å². The monoisotopic (exact) mass is 432 g/mol. The van der Waals surface area contributed by atoms with Crippen LogP contribution >= 0.6 is 22.9 Å². The highest BCUT2D eigenvalue weighted by molar-refractivity contribution is 7.19. The largest absolute Gasteiger partial charge is 0.462 e. The van der Waals surface area contributed by atoms with Gasteiger partial charge in [-0.2, -0.15) is 0 Å². The Morgan fingerprint density at radius 2 is 1.93 bits per heavy atom. The van der Waals surface area contributed by atoms with Crippen molar-refractivity contribution in [1.29, 1.82) is 0 Å². The quantitative estimate of drug-likeness (QED) is 0.535. The predicted octanol–water partition coefficient (Wildman–Crippen LogP) is 4.98. The van der Waals surface area contributed by atoms with E-state index in [1.54, 1.807) is 44.2 Å². The van der Waals surface area contributed by atoms with Gasteiger partial charge in [0.05, 0.1) is 23.3 Å². The maximum Gasteiger partial charge on any atom is 0.341 e. The van der Waals surface area contributed by atoms with Crippen LogP contribution in [0.3, 0.4) is 0 Å². The van der Waals surface area contributed by atoms with Crippen LogP contribution in [-0.4, -0.2) is 24.4 Å². The molecule has 29 heavy (non-hydrogen) atoms. The van der Waals surface area contributed by atoms with Gasteiger partial charge >= 0.3 is 5.97 Å². The average Bonchev–Trinajstić information content (AvgIpc) is 3.30. The van der Waals surface area contributed by atoms with Crippen molar-refractivity contribution in [3.05, 3.63) is 69.4 Å². The molecule has 2 heterocycles. The molecule has 0 saturated heterocycles. The van der Waals surface area contributed by atoms with Gasteiger partial charge in [0, 0.05) is 10.7 Å². The van der Waals surface area contributed by atoms with Crippen LogP contribution in [-0.2, 0) is 4.74 Å². The zero-order valence-electron chi connectivity index (χ0n) is 15.6. The van der Waals surface area contributed by atoms with Crippen molar-refractivity contribution in [3.63, 3.8) is 0 Å². The summed E-state index contributed by atoms with van der Waals surface area (Å²) in [6.45, 7) is 3.45. The van der Waals surface area contributed by atoms with Gasteiger partial charge in [0.15, 0.2) is 5.76 Å². The van der Waals surface area contributed by atoms with Crippen molar-refractivity contribution in [2.24, 2.45) is 0 Å². The summed E-state index contributed by atoms with van der Waals surface area (Å²) in [5, 5.41) is 6.04. The Morgan fingerprint density at radius 1 is 1.14 bits per heavy atom. The highest BCUT2D eigenvalue weighted by atomic mass is 35.5. The third kappa shape index (κ3) is 4.67. The number of thiophene rings is 1. The predicted molar refractivity (Wildman–Crippen MR) is 111 cm³/mol. The summed E-state index contributed by atoms with van der Waals surface area (Å²) < 4.78 is 10.2. The molecule has 0 radical (unpaired) electrons. The van der Waals surface area contributed by atoms with Crippen molar-refractivity contribution in [2.75, 3.05) is 17.2 Å². The van der Waals surface area contributed by atoms with Gasteiger partial charge in [-0.3, -0.25) is 9.59 Å². The van der Waals surface area contributed by atoms with Crippen LogP contribution in [0.4, 0.5) is 10.7 Å². The molecule has 0 bridgehead atoms. The lowest BCUT2D eigenvalue weighted by Crippen LogP contribution is -2.14. The van der Waals surface area contributed by atoms with Gasteiger partial charge in [0.1, 0.15) is 5.00 Å². The Balaban J connectivity index is 1.94. The second-order valence-corrected chi connectivity index (χ2v) is 7.33. The summed E-state index contributed by atoms with van der Waals surface area (Å²) in [5.74, 6) is -1.52. The van der Waals surface area contributed by atoms with E-state index in [1.807, 2.05) is 0 Å². The zero-order chi connectivity index (χ0) is 21.0. The van der Waals surface area contributed by atoms with Crippen molar-refractivity contribution >= 4 is 51.4 Å². The van der Waals surface area contributed by atoms with Crippen molar-refractivity contribution in [1.82, 2.24) is 0 Å². The van der Waals surface area contributed by atoms with Crippen molar-refractivity contribution < 1.29 is 23.5 Å². The number of carbonyl (C=O) groups is 3. The van der Waals surface area contributed by atoms with Crippen molar-refractivity contribution in [2.45, 2.75) is 13.8 Å². The van der Waals surface area contributed by atoms with Crippen LogP contribution < -0.4 is 10.6 Å². The lowest BCUT2D eigenvalue weighted by molar-refractivity contribution is 0.0527. The number of rotatable bonds is 6. The molecule has 3 aromatic rings. The second-order valence-electron chi connectivity index (χ2n) is 5.88. The normalized spacial score (nSPS) is 10.4. The molecule has 1 aromatic carbocycles. The number of benzene rings is 1. The third-order valence-electron chi connectivity index (χ3n) is 3.89. The molecule has 0 fully saturated rings. The molecule has 0 saturated carbocycles. The molecule has 0 unspecified atom stereocenters. The number of amides is 2. The highest BCUT2D eigenvalue weighted by Crippen LogP contribution is 2.34. The van der Waals surface area contributed by atoms with Gasteiger partial charge < -0.3 is 19.8 Å². The van der Waals surface area contributed by atoms with Crippen LogP contribution in [0.5, 0.6) is 0 Å². The lowest BCUT2D eigenvalue weighted by atomic mass is 10.1. The van der Waals surface area contributed by atoms with Crippen LogP contribution in [0.25, 0.3) is 0 Å². The summed E-state index contributed by atoms with van der Waals surface area (Å²) in [4.78, 5) is 37.9. The topological polar surface area (TPSA) is 97.6 Å². The molecule has 3 rings (SSSR count). The van der Waals surface area contributed by atoms with E-state index in [1.165, 1.54) is 12.3 Å². The van der Waals surface area contributed by atoms with Gasteiger partial charge in [-0.15, -0.1) is 11.3 Å². The first-order valence-electron chi connectivity index (χ1n) is 8.63. The van der Waals surface area contributed by atoms with Crippen LogP contribution in [0.2, 0.25) is 5.02 Å². The minimum absolute atomic E-state index is 0.0794. The average molecular weight is 433 g/mol. The van der Waals surface area contributed by atoms with Gasteiger partial charge in [-0.25, -0.2) is 4.79 Å². The second kappa shape index (κ2) is 8.93. The zero-order valence-corrected chi connectivity index (χ0v) is 17.1. The van der Waals surface area contributed by atoms with Gasteiger partial charge in [0.2, 0.25) is 0 Å². The standard InChI is InChI=1S/C20H17ClN2O5S/c1-3-27-20(26)15-11(2)16(18(25)22-13-7-4-6-12(21)10-13)29-19(15)23-17(24)14-8-5-9-28-14/h4-10H,3H2,1-2H3,(H,22,25)(H,23,24). The fourth-order valence-corrected chi connectivity index (χ4v) is 3.87. The van der Waals surface area contributed by atoms with E-state index in [0.717, 1.165) is 11.3 Å². The van der Waals surface area contributed by atoms with Gasteiger partial charge in [-0.05, 0) is 49.7 Å². The SMILES string of the molecule is CCOC(=O)c1c(NC(=O)c2ccco2)sc(C(=O)Nc2cccc(Cl)c2)c1C. The molecule has 2 aromatic heterocycles. The Morgan fingerprint density at radius 3 is 2.59 bits per heavy atom. The summed E-state index contributed by atoms with van der Waals surface area (Å²) in [7, 11) is 0. The number of hydrogen-bond donors (Lipinski definition) is 2. The fraction of sp³-hybridized carbons (Fsp3) is 0.150. The maximum atomic E-state index is 12.8. The lowest BCUT2D eigenvalue weighted by Gasteiger charge is -2.06. The Labute approximate surface area is 175 Å². The molecule has 9 heteroatoms. The molecule has 0 aliphatic rings. The van der Waals surface area contributed by atoms with E-state index >= 15 is 0 Å². The number of anilines is 2. The number of halogens is 1. The molecule has 2 amide bonds. The number of ether oxygens (including phenoxy) is 1. The van der Waals surface area contributed by atoms with Gasteiger partial charge in [0.25, 0.3) is 11.8 Å². The molecule has 2 N–H and O–H groups in total. The summed E-state index contributed by atoms with van der Waals surface area (Å²) >= 11 is 6.93. The number of nitrogens with one attached hydrogen (secondary N) is 2. The van der Waals surface area contributed by atoms with E-state index in [9.17, 15) is 14.4 Å². The molecule has 150 valence electrons. The number of carbonyl (C=O) groups excluding carboxylic acids is 3. The molecule has 7 nitrogen and oxygen atoms in total. The molecule has 0 spiro atoms. The fourth-order valence-electron chi connectivity index (χ4n) is 2.59. The number of esters is 1. The van der Waals surface area contributed by atoms with E-state index < -0.39 is 17.8 Å². The molecular formula is C20H17ClN2O5S. The van der Waals surface area contributed by atoms with E-state index in [2.05, 4.69) is 10.6 Å². The highest BCUT2D eigenvalue weighted by Gasteiger charge is 2.27. The smallest absolute Gasteiger partial charge is 0.341 e. The molecule has 0 aliphatic heterocycles. The summed E-state index contributed by atoms with van der Waals surface area (Å²) in [6.07, 6.45) is 1.37. The summed E-state index contributed by atoms with van der Waals surface area (Å²) in [6, 6.07) is 9.76. The number of hydrogen-bond acceptors (Lipinski definition) is 6. The molecular weight excluding hydrogens is 416 g/mol. The molecule has 0 aliphatic carbocycles. The summed E-state index contributed by atoms with van der Waals surface area (Å²) in [5.41, 5.74) is 1.05. The first kappa shape index (κ1) is 20.6. The maximum absolute atomic E-state index is 12.8. The number of furan rings is 1. The first-order valence-corrected chi connectivity index (χ1v) is 9.82. The van der Waals surface area contributed by atoms with Crippen molar-refractivity contribution in [3.8, 4) is 0 Å². The Hall–Kier alpha value is -3.10. The van der Waals surface area contributed by atoms with Crippen LogP contribution in [0.15, 0.2) is 47.1 Å². The third-order valence-corrected chi connectivity index (χ3v) is 5.33. The molecule has 0 atom stereocenters. The van der Waals surface area contributed by atoms with E-state index in [0.29, 0.717) is 16.3 Å². The Kier molecular flexibility index (Phi) is 6.36. The Bertz CT molecular complexity index is 1060. The van der Waals surface area contributed by atoms with E-state index in [4.69, 9.17) is 20.8 Å². The minimum atomic E-state index is -0.627. The van der Waals surface area contributed by atoms with Crippen LogP contribution in [0.1, 0.15) is 43.1 Å². The van der Waals surface area contributed by atoms with Gasteiger partial charge in [-0.1, -0.05) is 17.7 Å².